The van der Waals surface area contributed by atoms with E-state index in [1.165, 1.54) is 4.68 Å². The average Bonchev–Trinajstić information content (AvgIpc) is 2.37. The van der Waals surface area contributed by atoms with Crippen molar-refractivity contribution in [2.75, 3.05) is 53.1 Å². The highest BCUT2D eigenvalue weighted by molar-refractivity contribution is 9.10. The summed E-state index contributed by atoms with van der Waals surface area (Å²) in [6.07, 6.45) is 2.72. The van der Waals surface area contributed by atoms with Crippen molar-refractivity contribution in [2.24, 2.45) is 0 Å². The third-order valence-electron chi connectivity index (χ3n) is 2.84. The van der Waals surface area contributed by atoms with E-state index in [0.717, 1.165) is 31.7 Å². The third kappa shape index (κ3) is 5.60. The van der Waals surface area contributed by atoms with Crippen LogP contribution in [0.4, 0.5) is 5.69 Å². The van der Waals surface area contributed by atoms with E-state index in [-0.39, 0.29) is 5.56 Å². The molecular weight excluding hydrogens is 322 g/mol. The van der Waals surface area contributed by atoms with E-state index in [1.54, 1.807) is 6.20 Å². The second-order valence-corrected chi connectivity index (χ2v) is 6.08. The van der Waals surface area contributed by atoms with Crippen LogP contribution >= 0.6 is 15.9 Å². The van der Waals surface area contributed by atoms with Crippen molar-refractivity contribution in [1.29, 1.82) is 0 Å². The van der Waals surface area contributed by atoms with Gasteiger partial charge in [0, 0.05) is 13.1 Å². The van der Waals surface area contributed by atoms with Gasteiger partial charge in [0.05, 0.1) is 18.4 Å². The molecule has 0 amide bonds. The Bertz CT molecular complexity index is 472. The molecule has 0 bridgehead atoms. The maximum Gasteiger partial charge on any atom is 0.283 e. The molecule has 20 heavy (non-hydrogen) atoms. The maximum atomic E-state index is 12.1. The molecule has 0 aliphatic rings. The van der Waals surface area contributed by atoms with Gasteiger partial charge in [0.25, 0.3) is 5.56 Å². The Morgan fingerprint density at radius 2 is 1.90 bits per heavy atom. The zero-order chi connectivity index (χ0) is 15.1. The van der Waals surface area contributed by atoms with Gasteiger partial charge in [0.15, 0.2) is 0 Å². The summed E-state index contributed by atoms with van der Waals surface area (Å²) in [4.78, 5) is 16.3. The van der Waals surface area contributed by atoms with E-state index >= 15 is 0 Å². The molecule has 0 spiro atoms. The summed E-state index contributed by atoms with van der Waals surface area (Å²) in [6.45, 7) is 3.21. The number of anilines is 1. The van der Waals surface area contributed by atoms with Gasteiger partial charge >= 0.3 is 0 Å². The molecule has 1 heterocycles. The number of halogens is 1. The molecule has 0 atom stereocenters. The lowest BCUT2D eigenvalue weighted by atomic mass is 10.3. The van der Waals surface area contributed by atoms with Crippen molar-refractivity contribution in [3.63, 3.8) is 0 Å². The molecule has 1 rings (SSSR count). The molecule has 0 aromatic carbocycles. The van der Waals surface area contributed by atoms with Gasteiger partial charge in [-0.25, -0.2) is 4.68 Å². The highest BCUT2D eigenvalue weighted by atomic mass is 79.9. The smallest absolute Gasteiger partial charge is 0.283 e. The first-order valence-electron chi connectivity index (χ1n) is 6.70. The number of nitrogens with one attached hydrogen (secondary N) is 1. The lowest BCUT2D eigenvalue weighted by Crippen LogP contribution is -2.29. The minimum atomic E-state index is -0.0931. The van der Waals surface area contributed by atoms with Crippen LogP contribution in [0.5, 0.6) is 0 Å². The van der Waals surface area contributed by atoms with Crippen LogP contribution in [-0.4, -0.2) is 67.4 Å². The molecule has 1 aromatic rings. The van der Waals surface area contributed by atoms with Crippen molar-refractivity contribution in [3.8, 4) is 0 Å². The zero-order valence-electron chi connectivity index (χ0n) is 12.7. The first-order valence-corrected chi connectivity index (χ1v) is 7.50. The van der Waals surface area contributed by atoms with Crippen molar-refractivity contribution < 1.29 is 0 Å². The number of aromatic nitrogens is 2. The highest BCUT2D eigenvalue weighted by Gasteiger charge is 2.08. The van der Waals surface area contributed by atoms with Crippen LogP contribution in [-0.2, 0) is 6.54 Å². The van der Waals surface area contributed by atoms with Gasteiger partial charge in [0.2, 0.25) is 0 Å². The molecule has 0 aliphatic carbocycles. The molecule has 6 nitrogen and oxygen atoms in total. The van der Waals surface area contributed by atoms with E-state index in [9.17, 15) is 4.79 Å². The van der Waals surface area contributed by atoms with Crippen molar-refractivity contribution >= 4 is 21.6 Å². The molecule has 0 radical (unpaired) electrons. The Labute approximate surface area is 128 Å². The number of hydrogen-bond acceptors (Lipinski definition) is 5. The van der Waals surface area contributed by atoms with Gasteiger partial charge in [-0.2, -0.15) is 5.10 Å². The molecule has 1 aromatic heterocycles. The van der Waals surface area contributed by atoms with E-state index in [0.29, 0.717) is 11.0 Å². The van der Waals surface area contributed by atoms with Crippen LogP contribution < -0.4 is 10.9 Å². The van der Waals surface area contributed by atoms with Gasteiger partial charge in [-0.3, -0.25) is 4.79 Å². The maximum absolute atomic E-state index is 12.1. The Kier molecular flexibility index (Phi) is 7.18. The number of likely N-dealkylation sites (N-methyl/N-ethyl adjacent to an activating group) is 1. The van der Waals surface area contributed by atoms with E-state index < -0.39 is 0 Å². The Morgan fingerprint density at radius 1 is 1.25 bits per heavy atom. The van der Waals surface area contributed by atoms with Gasteiger partial charge in [0.1, 0.15) is 4.47 Å². The first kappa shape index (κ1) is 17.1. The van der Waals surface area contributed by atoms with Crippen LogP contribution in [0.2, 0.25) is 0 Å². The Morgan fingerprint density at radius 3 is 2.50 bits per heavy atom. The van der Waals surface area contributed by atoms with E-state index in [4.69, 9.17) is 0 Å². The van der Waals surface area contributed by atoms with Gasteiger partial charge < -0.3 is 15.1 Å². The predicted octanol–water partition coefficient (Wildman–Crippen LogP) is 0.931. The molecule has 114 valence electrons. The monoisotopic (exact) mass is 345 g/mol. The molecule has 1 N–H and O–H groups in total. The second-order valence-electron chi connectivity index (χ2n) is 5.29. The third-order valence-corrected chi connectivity index (χ3v) is 3.61. The topological polar surface area (TPSA) is 53.4 Å². The SMILES string of the molecule is CN(C)CCCNc1cnn(CCN(C)C)c(=O)c1Br. The lowest BCUT2D eigenvalue weighted by molar-refractivity contribution is 0.367. The molecule has 7 heteroatoms. The first-order chi connectivity index (χ1) is 9.41. The Balaban J connectivity index is 2.62. The minimum Gasteiger partial charge on any atom is -0.383 e. The summed E-state index contributed by atoms with van der Waals surface area (Å²) < 4.78 is 2.03. The quantitative estimate of drug-likeness (QED) is 0.710. The molecule has 0 fully saturated rings. The lowest BCUT2D eigenvalue weighted by Gasteiger charge is -2.13. The molecular formula is C13H24BrN5O. The van der Waals surface area contributed by atoms with Crippen molar-refractivity contribution in [3.05, 3.63) is 21.0 Å². The van der Waals surface area contributed by atoms with Gasteiger partial charge in [-0.05, 0) is 57.1 Å². The molecule has 0 aliphatic heterocycles. The number of nitrogens with zero attached hydrogens (tertiary/aromatic N) is 4. The fourth-order valence-corrected chi connectivity index (χ4v) is 2.11. The fraction of sp³-hybridized carbons (Fsp3) is 0.692. The summed E-state index contributed by atoms with van der Waals surface area (Å²) in [5.41, 5.74) is 0.666. The minimum absolute atomic E-state index is 0.0931. The second kappa shape index (κ2) is 8.39. The van der Waals surface area contributed by atoms with Gasteiger partial charge in [-0.1, -0.05) is 0 Å². The fourth-order valence-electron chi connectivity index (χ4n) is 1.66. The Hall–Kier alpha value is -0.920. The van der Waals surface area contributed by atoms with Crippen LogP contribution in [0.25, 0.3) is 0 Å². The van der Waals surface area contributed by atoms with E-state index in [2.05, 4.69) is 31.2 Å². The molecule has 0 unspecified atom stereocenters. The molecule has 0 saturated carbocycles. The van der Waals surface area contributed by atoms with Crippen LogP contribution in [0.15, 0.2) is 15.5 Å². The van der Waals surface area contributed by atoms with Crippen molar-refractivity contribution in [2.45, 2.75) is 13.0 Å². The number of rotatable bonds is 8. The summed E-state index contributed by atoms with van der Waals surface area (Å²) in [6, 6.07) is 0. The summed E-state index contributed by atoms with van der Waals surface area (Å²) in [5, 5.41) is 7.44. The summed E-state index contributed by atoms with van der Waals surface area (Å²) in [7, 11) is 8.04. The van der Waals surface area contributed by atoms with Gasteiger partial charge in [-0.15, -0.1) is 0 Å². The summed E-state index contributed by atoms with van der Waals surface area (Å²) in [5.74, 6) is 0. The average molecular weight is 346 g/mol. The molecule has 0 saturated heterocycles. The van der Waals surface area contributed by atoms with Crippen molar-refractivity contribution in [1.82, 2.24) is 19.6 Å². The van der Waals surface area contributed by atoms with Crippen LogP contribution in [0.1, 0.15) is 6.42 Å². The standard InChI is InChI=1S/C13H24BrN5O/c1-17(2)7-5-6-15-11-10-16-19(9-8-18(3)4)13(20)12(11)14/h10,15H,5-9H2,1-4H3. The normalized spacial score (nSPS) is 11.3. The van der Waals surface area contributed by atoms with Crippen LogP contribution in [0.3, 0.4) is 0 Å². The number of hydrogen-bond donors (Lipinski definition) is 1. The van der Waals surface area contributed by atoms with Crippen LogP contribution in [0, 0.1) is 0 Å². The summed E-state index contributed by atoms with van der Waals surface area (Å²) >= 11 is 3.36. The zero-order valence-corrected chi connectivity index (χ0v) is 14.3. The van der Waals surface area contributed by atoms with E-state index in [1.807, 2.05) is 33.1 Å². The largest absolute Gasteiger partial charge is 0.383 e. The predicted molar refractivity (Wildman–Crippen MR) is 86.4 cm³/mol. The highest BCUT2D eigenvalue weighted by Crippen LogP contribution is 2.15.